The fourth-order valence-corrected chi connectivity index (χ4v) is 3.57. The SMILES string of the molecule is CCNCC1CCCCC1c1ccc(C)c(C)c1OC. The summed E-state index contributed by atoms with van der Waals surface area (Å²) in [6.07, 6.45) is 5.37. The molecule has 1 N–H and O–H groups in total. The van der Waals surface area contributed by atoms with Crippen LogP contribution in [0.25, 0.3) is 0 Å². The quantitative estimate of drug-likeness (QED) is 0.869. The molecule has 0 radical (unpaired) electrons. The van der Waals surface area contributed by atoms with E-state index in [1.165, 1.54) is 42.4 Å². The molecular formula is C18H29NO. The van der Waals surface area contributed by atoms with Gasteiger partial charge in [0, 0.05) is 0 Å². The highest BCUT2D eigenvalue weighted by Gasteiger charge is 2.28. The van der Waals surface area contributed by atoms with Crippen molar-refractivity contribution in [2.24, 2.45) is 5.92 Å². The average molecular weight is 275 g/mol. The van der Waals surface area contributed by atoms with Gasteiger partial charge in [-0.15, -0.1) is 0 Å². The maximum Gasteiger partial charge on any atom is 0.125 e. The molecule has 1 aliphatic carbocycles. The fraction of sp³-hybridized carbons (Fsp3) is 0.667. The zero-order valence-electron chi connectivity index (χ0n) is 13.5. The highest BCUT2D eigenvalue weighted by Crippen LogP contribution is 2.42. The Hall–Kier alpha value is -1.02. The van der Waals surface area contributed by atoms with Crippen LogP contribution in [0.5, 0.6) is 5.75 Å². The first-order valence-corrected chi connectivity index (χ1v) is 8.03. The molecule has 2 rings (SSSR count). The van der Waals surface area contributed by atoms with E-state index in [0.717, 1.165) is 24.8 Å². The summed E-state index contributed by atoms with van der Waals surface area (Å²) in [7, 11) is 1.81. The monoisotopic (exact) mass is 275 g/mol. The summed E-state index contributed by atoms with van der Waals surface area (Å²) < 4.78 is 5.74. The molecular weight excluding hydrogens is 246 g/mol. The Balaban J connectivity index is 2.29. The van der Waals surface area contributed by atoms with E-state index in [2.05, 4.69) is 38.2 Å². The molecule has 0 aromatic heterocycles. The van der Waals surface area contributed by atoms with Gasteiger partial charge in [0.25, 0.3) is 0 Å². The molecule has 1 aliphatic rings. The normalized spacial score (nSPS) is 22.8. The summed E-state index contributed by atoms with van der Waals surface area (Å²) in [5.41, 5.74) is 4.06. The lowest BCUT2D eigenvalue weighted by molar-refractivity contribution is 0.289. The summed E-state index contributed by atoms with van der Waals surface area (Å²) >= 11 is 0. The van der Waals surface area contributed by atoms with Crippen LogP contribution in [0.2, 0.25) is 0 Å². The number of aryl methyl sites for hydroxylation is 1. The minimum absolute atomic E-state index is 0.650. The van der Waals surface area contributed by atoms with Crippen LogP contribution >= 0.6 is 0 Å². The summed E-state index contributed by atoms with van der Waals surface area (Å²) in [6, 6.07) is 4.56. The first-order valence-electron chi connectivity index (χ1n) is 8.03. The maximum absolute atomic E-state index is 5.74. The summed E-state index contributed by atoms with van der Waals surface area (Å²) in [5, 5.41) is 3.54. The zero-order valence-corrected chi connectivity index (χ0v) is 13.5. The molecule has 0 saturated heterocycles. The van der Waals surface area contributed by atoms with Crippen molar-refractivity contribution < 1.29 is 4.74 Å². The number of benzene rings is 1. The number of rotatable bonds is 5. The highest BCUT2D eigenvalue weighted by atomic mass is 16.5. The number of nitrogens with one attached hydrogen (secondary N) is 1. The van der Waals surface area contributed by atoms with Crippen molar-refractivity contribution in [3.05, 3.63) is 28.8 Å². The topological polar surface area (TPSA) is 21.3 Å². The van der Waals surface area contributed by atoms with Gasteiger partial charge in [-0.1, -0.05) is 31.9 Å². The van der Waals surface area contributed by atoms with E-state index in [0.29, 0.717) is 5.92 Å². The van der Waals surface area contributed by atoms with Crippen LogP contribution in [0.3, 0.4) is 0 Å². The van der Waals surface area contributed by atoms with Gasteiger partial charge in [-0.25, -0.2) is 0 Å². The second kappa shape index (κ2) is 7.12. The Bertz CT molecular complexity index is 441. The minimum Gasteiger partial charge on any atom is -0.496 e. The van der Waals surface area contributed by atoms with E-state index in [-0.39, 0.29) is 0 Å². The Morgan fingerprint density at radius 2 is 1.95 bits per heavy atom. The number of hydrogen-bond donors (Lipinski definition) is 1. The molecule has 1 fully saturated rings. The molecule has 0 aliphatic heterocycles. The van der Waals surface area contributed by atoms with Crippen LogP contribution < -0.4 is 10.1 Å². The third kappa shape index (κ3) is 3.17. The average Bonchev–Trinajstić information content (AvgIpc) is 2.48. The van der Waals surface area contributed by atoms with Crippen molar-refractivity contribution in [2.45, 2.75) is 52.4 Å². The maximum atomic E-state index is 5.74. The molecule has 2 nitrogen and oxygen atoms in total. The smallest absolute Gasteiger partial charge is 0.125 e. The summed E-state index contributed by atoms with van der Waals surface area (Å²) in [5.74, 6) is 2.52. The largest absolute Gasteiger partial charge is 0.496 e. The van der Waals surface area contributed by atoms with Crippen LogP contribution in [0.15, 0.2) is 12.1 Å². The Morgan fingerprint density at radius 3 is 2.65 bits per heavy atom. The summed E-state index contributed by atoms with van der Waals surface area (Å²) in [6.45, 7) is 8.73. The van der Waals surface area contributed by atoms with Crippen LogP contribution in [-0.2, 0) is 0 Å². The highest BCUT2D eigenvalue weighted by molar-refractivity contribution is 5.47. The van der Waals surface area contributed by atoms with E-state index in [4.69, 9.17) is 4.74 Å². The van der Waals surface area contributed by atoms with E-state index in [9.17, 15) is 0 Å². The van der Waals surface area contributed by atoms with Crippen molar-refractivity contribution in [3.8, 4) is 5.75 Å². The standard InChI is InChI=1S/C18H29NO/c1-5-19-12-15-8-6-7-9-16(15)17-11-10-13(2)14(3)18(17)20-4/h10-11,15-16,19H,5-9,12H2,1-4H3. The predicted molar refractivity (Wildman–Crippen MR) is 85.7 cm³/mol. The van der Waals surface area contributed by atoms with Gasteiger partial charge in [0.15, 0.2) is 0 Å². The molecule has 0 heterocycles. The van der Waals surface area contributed by atoms with Gasteiger partial charge in [0.2, 0.25) is 0 Å². The van der Waals surface area contributed by atoms with Crippen molar-refractivity contribution in [1.82, 2.24) is 5.32 Å². The molecule has 20 heavy (non-hydrogen) atoms. The van der Waals surface area contributed by atoms with Crippen LogP contribution in [0, 0.1) is 19.8 Å². The van der Waals surface area contributed by atoms with E-state index in [1.54, 1.807) is 0 Å². The van der Waals surface area contributed by atoms with Crippen LogP contribution in [-0.4, -0.2) is 20.2 Å². The number of hydrogen-bond acceptors (Lipinski definition) is 2. The third-order valence-electron chi connectivity index (χ3n) is 4.88. The van der Waals surface area contributed by atoms with Crippen molar-refractivity contribution in [1.29, 1.82) is 0 Å². The molecule has 1 aromatic rings. The molecule has 1 saturated carbocycles. The van der Waals surface area contributed by atoms with Crippen molar-refractivity contribution >= 4 is 0 Å². The second-order valence-electron chi connectivity index (χ2n) is 6.09. The zero-order chi connectivity index (χ0) is 14.5. The molecule has 2 unspecified atom stereocenters. The number of ether oxygens (including phenoxy) is 1. The first kappa shape index (κ1) is 15.4. The Morgan fingerprint density at radius 1 is 1.20 bits per heavy atom. The van der Waals surface area contributed by atoms with Crippen LogP contribution in [0.4, 0.5) is 0 Å². The third-order valence-corrected chi connectivity index (χ3v) is 4.88. The predicted octanol–water partition coefficient (Wildman–Crippen LogP) is 4.20. The van der Waals surface area contributed by atoms with E-state index in [1.807, 2.05) is 7.11 Å². The van der Waals surface area contributed by atoms with Gasteiger partial charge < -0.3 is 10.1 Å². The van der Waals surface area contributed by atoms with Gasteiger partial charge >= 0.3 is 0 Å². The molecule has 0 amide bonds. The lowest BCUT2D eigenvalue weighted by Crippen LogP contribution is -2.29. The first-order chi connectivity index (χ1) is 9.69. The van der Waals surface area contributed by atoms with E-state index < -0.39 is 0 Å². The molecule has 1 aromatic carbocycles. The Kier molecular flexibility index (Phi) is 5.47. The summed E-state index contributed by atoms with van der Waals surface area (Å²) in [4.78, 5) is 0. The van der Waals surface area contributed by atoms with Gasteiger partial charge in [0.1, 0.15) is 5.75 Å². The molecule has 2 atom stereocenters. The minimum atomic E-state index is 0.650. The molecule has 112 valence electrons. The molecule has 0 spiro atoms. The fourth-order valence-electron chi connectivity index (χ4n) is 3.57. The Labute approximate surface area is 123 Å². The lowest BCUT2D eigenvalue weighted by Gasteiger charge is -2.33. The van der Waals surface area contributed by atoms with Crippen molar-refractivity contribution in [3.63, 3.8) is 0 Å². The molecule has 0 bridgehead atoms. The van der Waals surface area contributed by atoms with Gasteiger partial charge in [0.05, 0.1) is 7.11 Å². The van der Waals surface area contributed by atoms with Gasteiger partial charge in [-0.05, 0) is 68.3 Å². The van der Waals surface area contributed by atoms with Gasteiger partial charge in [-0.2, -0.15) is 0 Å². The second-order valence-corrected chi connectivity index (χ2v) is 6.09. The van der Waals surface area contributed by atoms with Gasteiger partial charge in [-0.3, -0.25) is 0 Å². The molecule has 2 heteroatoms. The van der Waals surface area contributed by atoms with E-state index >= 15 is 0 Å². The lowest BCUT2D eigenvalue weighted by atomic mass is 9.74. The van der Waals surface area contributed by atoms with Crippen LogP contribution in [0.1, 0.15) is 55.2 Å². The number of methoxy groups -OCH3 is 1. The van der Waals surface area contributed by atoms with Crippen molar-refractivity contribution in [2.75, 3.05) is 20.2 Å².